The van der Waals surface area contributed by atoms with Gasteiger partial charge in [-0.2, -0.15) is 9.94 Å². The van der Waals surface area contributed by atoms with Gasteiger partial charge in [-0.15, -0.1) is 5.10 Å². The summed E-state index contributed by atoms with van der Waals surface area (Å²) >= 11 is 0. The van der Waals surface area contributed by atoms with Crippen LogP contribution < -0.4 is 0 Å². The van der Waals surface area contributed by atoms with E-state index in [2.05, 4.69) is 10.1 Å². The molecular formula is C12H9F2N5O3S. The Kier molecular flexibility index (Phi) is 4.11. The van der Waals surface area contributed by atoms with Gasteiger partial charge < -0.3 is 4.90 Å². The third-order valence-electron chi connectivity index (χ3n) is 2.72. The number of nitrogens with zero attached hydrogens (tertiary/aromatic N) is 5. The zero-order chi connectivity index (χ0) is 17.4. The van der Waals surface area contributed by atoms with Crippen LogP contribution in [-0.2, 0) is 9.84 Å². The highest BCUT2D eigenvalue weighted by atomic mass is 32.2. The van der Waals surface area contributed by atoms with Gasteiger partial charge in [0.2, 0.25) is 9.84 Å². The predicted octanol–water partition coefficient (Wildman–Crippen LogP) is 0.790. The molecule has 0 saturated heterocycles. The maximum Gasteiger partial charge on any atom is 0.345 e. The van der Waals surface area contributed by atoms with Crippen molar-refractivity contribution in [3.05, 3.63) is 35.7 Å². The van der Waals surface area contributed by atoms with Gasteiger partial charge >= 0.3 is 6.03 Å². The van der Waals surface area contributed by atoms with Crippen LogP contribution >= 0.6 is 0 Å². The molecule has 0 aliphatic carbocycles. The average molecular weight is 341 g/mol. The maximum atomic E-state index is 13.9. The summed E-state index contributed by atoms with van der Waals surface area (Å²) in [7, 11) is -1.77. The van der Waals surface area contributed by atoms with Crippen LogP contribution in [0, 0.1) is 23.0 Å². The Balaban J connectivity index is 2.54. The fourth-order valence-electron chi connectivity index (χ4n) is 1.59. The molecule has 0 aliphatic heterocycles. The number of benzene rings is 1. The Morgan fingerprint density at radius 1 is 1.30 bits per heavy atom. The van der Waals surface area contributed by atoms with Crippen LogP contribution in [0.25, 0.3) is 0 Å². The van der Waals surface area contributed by atoms with Gasteiger partial charge in [0.1, 0.15) is 28.9 Å². The number of hydrogen-bond acceptors (Lipinski definition) is 6. The minimum absolute atomic E-state index is 0.373. The lowest BCUT2D eigenvalue weighted by Crippen LogP contribution is -2.27. The molecule has 0 spiro atoms. The normalized spacial score (nSPS) is 11.1. The molecule has 8 nitrogen and oxygen atoms in total. The molecule has 0 N–H and O–H groups in total. The smallest absolute Gasteiger partial charge is 0.329 e. The van der Waals surface area contributed by atoms with E-state index in [0.717, 1.165) is 11.2 Å². The summed E-state index contributed by atoms with van der Waals surface area (Å²) < 4.78 is 52.6. The maximum absolute atomic E-state index is 13.9. The van der Waals surface area contributed by atoms with Gasteiger partial charge in [-0.25, -0.2) is 27.0 Å². The molecule has 1 heterocycles. The molecule has 1 aromatic heterocycles. The monoisotopic (exact) mass is 341 g/mol. The highest BCUT2D eigenvalue weighted by Crippen LogP contribution is 2.23. The summed E-state index contributed by atoms with van der Waals surface area (Å²) in [4.78, 5) is 15.2. The molecule has 0 aliphatic rings. The van der Waals surface area contributed by atoms with Crippen LogP contribution in [0.3, 0.4) is 0 Å². The van der Waals surface area contributed by atoms with Crippen molar-refractivity contribution in [1.29, 1.82) is 5.26 Å². The molecule has 11 heteroatoms. The van der Waals surface area contributed by atoms with Crippen LogP contribution in [0.5, 0.6) is 0 Å². The predicted molar refractivity (Wildman–Crippen MR) is 71.0 cm³/mol. The Hall–Kier alpha value is -2.87. The molecule has 1 aromatic carbocycles. The van der Waals surface area contributed by atoms with Crippen LogP contribution in [0.4, 0.5) is 13.6 Å². The van der Waals surface area contributed by atoms with E-state index in [1.807, 2.05) is 0 Å². The quantitative estimate of drug-likeness (QED) is 0.799. The van der Waals surface area contributed by atoms with E-state index in [1.54, 1.807) is 0 Å². The second-order valence-electron chi connectivity index (χ2n) is 4.53. The van der Waals surface area contributed by atoms with Crippen molar-refractivity contribution in [2.24, 2.45) is 0 Å². The number of hydrogen-bond donors (Lipinski definition) is 0. The van der Waals surface area contributed by atoms with E-state index < -0.39 is 43.1 Å². The van der Waals surface area contributed by atoms with E-state index in [1.165, 1.54) is 20.2 Å². The molecule has 120 valence electrons. The third kappa shape index (κ3) is 2.88. The van der Waals surface area contributed by atoms with Gasteiger partial charge in [-0.05, 0) is 12.1 Å². The minimum atomic E-state index is -4.59. The molecular weight excluding hydrogens is 332 g/mol. The highest BCUT2D eigenvalue weighted by molar-refractivity contribution is 7.91. The number of halogens is 2. The van der Waals surface area contributed by atoms with E-state index in [9.17, 15) is 22.0 Å². The minimum Gasteiger partial charge on any atom is -0.329 e. The highest BCUT2D eigenvalue weighted by Gasteiger charge is 2.28. The lowest BCUT2D eigenvalue weighted by Gasteiger charge is -2.08. The zero-order valence-electron chi connectivity index (χ0n) is 11.9. The summed E-state index contributed by atoms with van der Waals surface area (Å²) in [6.07, 6.45) is 0.840. The molecule has 0 bridgehead atoms. The second kappa shape index (κ2) is 5.73. The molecule has 0 fully saturated rings. The Morgan fingerprint density at radius 3 is 2.52 bits per heavy atom. The standard InChI is InChI=1S/C12H9F2N5O3S/c1-18(2)12(20)19-6-16-11(17-19)23(21,22)10-4-8(13)7(5-15)3-9(10)14/h3-4,6H,1-2H3. The lowest BCUT2D eigenvalue weighted by atomic mass is 10.2. The Morgan fingerprint density at radius 2 is 1.96 bits per heavy atom. The number of nitriles is 1. The molecule has 2 rings (SSSR count). The number of carbonyl (C=O) groups excluding carboxylic acids is 1. The number of sulfone groups is 1. The van der Waals surface area contributed by atoms with Gasteiger partial charge in [0.05, 0.1) is 5.56 Å². The summed E-state index contributed by atoms with van der Waals surface area (Å²) in [6, 6.07) is 1.55. The van der Waals surface area contributed by atoms with Crippen molar-refractivity contribution in [2.45, 2.75) is 10.1 Å². The summed E-state index contributed by atoms with van der Waals surface area (Å²) in [6.45, 7) is 0. The van der Waals surface area contributed by atoms with Crippen LogP contribution in [0.15, 0.2) is 28.5 Å². The average Bonchev–Trinajstić information content (AvgIpc) is 2.98. The number of aromatic nitrogens is 3. The van der Waals surface area contributed by atoms with Crippen LogP contribution in [0.2, 0.25) is 0 Å². The van der Waals surface area contributed by atoms with E-state index in [4.69, 9.17) is 5.26 Å². The lowest BCUT2D eigenvalue weighted by molar-refractivity contribution is 0.215. The van der Waals surface area contributed by atoms with Crippen molar-refractivity contribution >= 4 is 15.9 Å². The van der Waals surface area contributed by atoms with E-state index in [0.29, 0.717) is 16.8 Å². The third-order valence-corrected chi connectivity index (χ3v) is 4.28. The van der Waals surface area contributed by atoms with Gasteiger partial charge in [0.15, 0.2) is 0 Å². The largest absolute Gasteiger partial charge is 0.345 e. The molecule has 0 saturated carbocycles. The molecule has 23 heavy (non-hydrogen) atoms. The molecule has 0 atom stereocenters. The van der Waals surface area contributed by atoms with Gasteiger partial charge in [0.25, 0.3) is 5.16 Å². The summed E-state index contributed by atoms with van der Waals surface area (Å²) in [5.41, 5.74) is -0.636. The van der Waals surface area contributed by atoms with Crippen LogP contribution in [0.1, 0.15) is 5.56 Å². The molecule has 2 aromatic rings. The first-order valence-electron chi connectivity index (χ1n) is 5.96. The number of carbonyl (C=O) groups is 1. The van der Waals surface area contributed by atoms with Crippen molar-refractivity contribution in [1.82, 2.24) is 19.7 Å². The first-order valence-corrected chi connectivity index (χ1v) is 7.44. The van der Waals surface area contributed by atoms with Gasteiger partial charge in [-0.1, -0.05) is 0 Å². The fourth-order valence-corrected chi connectivity index (χ4v) is 2.74. The first-order chi connectivity index (χ1) is 10.7. The van der Waals surface area contributed by atoms with Crippen molar-refractivity contribution < 1.29 is 22.0 Å². The molecule has 1 amide bonds. The zero-order valence-corrected chi connectivity index (χ0v) is 12.7. The first kappa shape index (κ1) is 16.5. The number of rotatable bonds is 2. The van der Waals surface area contributed by atoms with Crippen molar-refractivity contribution in [3.8, 4) is 6.07 Å². The fraction of sp³-hybridized carbons (Fsp3) is 0.167. The second-order valence-corrected chi connectivity index (χ2v) is 6.34. The summed E-state index contributed by atoms with van der Waals surface area (Å²) in [5, 5.41) is 11.2. The molecule has 0 radical (unpaired) electrons. The SMILES string of the molecule is CN(C)C(=O)n1cnc(S(=O)(=O)c2cc(F)c(C#N)cc2F)n1. The Labute approximate surface area is 129 Å². The topological polar surface area (TPSA) is 109 Å². The Bertz CT molecular complexity index is 931. The number of amides is 1. The van der Waals surface area contributed by atoms with Crippen molar-refractivity contribution in [2.75, 3.05) is 14.1 Å². The van der Waals surface area contributed by atoms with Gasteiger partial charge in [-0.3, -0.25) is 0 Å². The van der Waals surface area contributed by atoms with Crippen LogP contribution in [-0.4, -0.2) is 48.2 Å². The van der Waals surface area contributed by atoms with E-state index >= 15 is 0 Å². The van der Waals surface area contributed by atoms with E-state index in [-0.39, 0.29) is 0 Å². The van der Waals surface area contributed by atoms with Gasteiger partial charge in [0, 0.05) is 14.1 Å². The summed E-state index contributed by atoms with van der Waals surface area (Å²) in [5.74, 6) is -2.52. The molecule has 0 unspecified atom stereocenters. The van der Waals surface area contributed by atoms with Crippen molar-refractivity contribution in [3.63, 3.8) is 0 Å².